The summed E-state index contributed by atoms with van der Waals surface area (Å²) in [6.07, 6.45) is 0.0739. The van der Waals surface area contributed by atoms with Crippen molar-refractivity contribution in [3.05, 3.63) is 65.2 Å². The molecule has 3 unspecified atom stereocenters. The number of carbonyl (C=O) groups is 3. The van der Waals surface area contributed by atoms with Crippen LogP contribution in [-0.4, -0.2) is 69.6 Å². The summed E-state index contributed by atoms with van der Waals surface area (Å²) >= 11 is 9.94. The second-order valence-corrected chi connectivity index (χ2v) is 11.2. The second-order valence-electron chi connectivity index (χ2n) is 9.66. The molecule has 2 N–H and O–H groups in total. The van der Waals surface area contributed by atoms with Gasteiger partial charge in [0.25, 0.3) is 0 Å². The van der Waals surface area contributed by atoms with Gasteiger partial charge in [0.05, 0.1) is 47.9 Å². The topological polar surface area (TPSA) is 105 Å². The van der Waals surface area contributed by atoms with Gasteiger partial charge in [-0.05, 0) is 37.5 Å². The van der Waals surface area contributed by atoms with Gasteiger partial charge in [0.2, 0.25) is 11.8 Å². The molecule has 10 heteroatoms. The number of para-hydroxylation sites is 1. The molecule has 7 atom stereocenters. The lowest BCUT2D eigenvalue weighted by molar-refractivity contribution is -0.155. The Labute approximate surface area is 228 Å². The molecule has 2 aromatic rings. The van der Waals surface area contributed by atoms with E-state index in [4.69, 9.17) is 21.1 Å². The molecule has 1 spiro atoms. The van der Waals surface area contributed by atoms with Gasteiger partial charge in [0.15, 0.2) is 0 Å². The SMILES string of the molecule is CCOC(=O)[C@H]1[C@@H]2OC3(CC2Br)C(C(=O)Nc2ccccc2Cl)N([C@@H](CO)Cc2ccccc2)C(=O)[C@H]13. The third kappa shape index (κ3) is 4.35. The zero-order valence-electron chi connectivity index (χ0n) is 20.2. The number of esters is 1. The number of ether oxygens (including phenoxy) is 2. The molecule has 3 heterocycles. The summed E-state index contributed by atoms with van der Waals surface area (Å²) in [5.41, 5.74) is 0.0394. The van der Waals surface area contributed by atoms with Crippen LogP contribution in [0.4, 0.5) is 5.69 Å². The summed E-state index contributed by atoms with van der Waals surface area (Å²) in [5, 5.41) is 13.7. The molecule has 0 radical (unpaired) electrons. The van der Waals surface area contributed by atoms with Gasteiger partial charge in [-0.2, -0.15) is 0 Å². The van der Waals surface area contributed by atoms with Gasteiger partial charge >= 0.3 is 5.97 Å². The van der Waals surface area contributed by atoms with Crippen LogP contribution >= 0.6 is 27.5 Å². The number of amides is 2. The molecule has 2 aromatic carbocycles. The van der Waals surface area contributed by atoms with Gasteiger partial charge in [-0.3, -0.25) is 14.4 Å². The number of alkyl halides is 1. The number of likely N-dealkylation sites (tertiary alicyclic amines) is 1. The average Bonchev–Trinajstić information content (AvgIpc) is 3.48. The maximum absolute atomic E-state index is 14.1. The summed E-state index contributed by atoms with van der Waals surface area (Å²) in [4.78, 5) is 42.3. The van der Waals surface area contributed by atoms with E-state index in [1.54, 1.807) is 31.2 Å². The van der Waals surface area contributed by atoms with Gasteiger partial charge in [-0.15, -0.1) is 0 Å². The Balaban J connectivity index is 1.57. The molecular formula is C27H28BrClN2O6. The van der Waals surface area contributed by atoms with E-state index < -0.39 is 53.4 Å². The monoisotopic (exact) mass is 590 g/mol. The number of carbonyl (C=O) groups excluding carboxylic acids is 3. The number of nitrogens with one attached hydrogen (secondary N) is 1. The van der Waals surface area contributed by atoms with E-state index in [-0.39, 0.29) is 18.0 Å². The molecule has 0 aliphatic carbocycles. The smallest absolute Gasteiger partial charge is 0.312 e. The highest BCUT2D eigenvalue weighted by Crippen LogP contribution is 2.60. The summed E-state index contributed by atoms with van der Waals surface area (Å²) in [5.74, 6) is -3.17. The first-order valence-electron chi connectivity index (χ1n) is 12.3. The van der Waals surface area contributed by atoms with Crippen LogP contribution in [0, 0.1) is 11.8 Å². The summed E-state index contributed by atoms with van der Waals surface area (Å²) in [7, 11) is 0. The lowest BCUT2D eigenvalue weighted by Gasteiger charge is -2.37. The maximum Gasteiger partial charge on any atom is 0.312 e. The van der Waals surface area contributed by atoms with E-state index in [2.05, 4.69) is 21.2 Å². The first kappa shape index (κ1) is 26.2. The fraction of sp³-hybridized carbons (Fsp3) is 0.444. The fourth-order valence-electron chi connectivity index (χ4n) is 6.17. The van der Waals surface area contributed by atoms with Crippen molar-refractivity contribution < 1.29 is 29.0 Å². The number of halogens is 2. The highest BCUT2D eigenvalue weighted by Gasteiger charge is 2.77. The van der Waals surface area contributed by atoms with Crippen molar-refractivity contribution in [3.8, 4) is 0 Å². The van der Waals surface area contributed by atoms with E-state index in [0.717, 1.165) is 5.56 Å². The molecule has 8 nitrogen and oxygen atoms in total. The number of benzene rings is 2. The van der Waals surface area contributed by atoms with Crippen molar-refractivity contribution in [1.29, 1.82) is 0 Å². The first-order valence-corrected chi connectivity index (χ1v) is 13.6. The van der Waals surface area contributed by atoms with Crippen molar-refractivity contribution >= 4 is 51.0 Å². The first-order chi connectivity index (χ1) is 17.8. The maximum atomic E-state index is 14.1. The molecule has 3 aliphatic rings. The Morgan fingerprint density at radius 1 is 1.24 bits per heavy atom. The van der Waals surface area contributed by atoms with Crippen molar-refractivity contribution in [1.82, 2.24) is 4.90 Å². The van der Waals surface area contributed by atoms with Crippen molar-refractivity contribution in [3.63, 3.8) is 0 Å². The second kappa shape index (κ2) is 10.4. The minimum absolute atomic E-state index is 0.163. The van der Waals surface area contributed by atoms with Crippen LogP contribution in [0.5, 0.6) is 0 Å². The largest absolute Gasteiger partial charge is 0.466 e. The highest BCUT2D eigenvalue weighted by molar-refractivity contribution is 9.09. The summed E-state index contributed by atoms with van der Waals surface area (Å²) < 4.78 is 11.8. The van der Waals surface area contributed by atoms with Crippen LogP contribution in [0.25, 0.3) is 0 Å². The Hall–Kier alpha value is -2.46. The van der Waals surface area contributed by atoms with Gasteiger partial charge in [0.1, 0.15) is 11.6 Å². The molecular weight excluding hydrogens is 564 g/mol. The van der Waals surface area contributed by atoms with E-state index in [9.17, 15) is 19.5 Å². The number of nitrogens with zero attached hydrogens (tertiary/aromatic N) is 1. The number of anilines is 1. The van der Waals surface area contributed by atoms with E-state index in [0.29, 0.717) is 23.6 Å². The highest BCUT2D eigenvalue weighted by atomic mass is 79.9. The Morgan fingerprint density at radius 2 is 1.95 bits per heavy atom. The molecule has 0 saturated carbocycles. The van der Waals surface area contributed by atoms with Gasteiger partial charge < -0.3 is 24.8 Å². The van der Waals surface area contributed by atoms with Crippen LogP contribution in [0.3, 0.4) is 0 Å². The number of hydrogen-bond donors (Lipinski definition) is 2. The molecule has 0 aromatic heterocycles. The summed E-state index contributed by atoms with van der Waals surface area (Å²) in [6, 6.07) is 14.5. The van der Waals surface area contributed by atoms with Crippen LogP contribution < -0.4 is 5.32 Å². The third-order valence-corrected chi connectivity index (χ3v) is 8.76. The predicted octanol–water partition coefficient (Wildman–Crippen LogP) is 3.19. The summed E-state index contributed by atoms with van der Waals surface area (Å²) in [6.45, 7) is 1.50. The molecule has 3 aliphatic heterocycles. The zero-order chi connectivity index (χ0) is 26.3. The Morgan fingerprint density at radius 3 is 2.62 bits per heavy atom. The quantitative estimate of drug-likeness (QED) is 0.361. The van der Waals surface area contributed by atoms with Crippen LogP contribution in [0.15, 0.2) is 54.6 Å². The number of aliphatic hydroxyl groups is 1. The van der Waals surface area contributed by atoms with Gasteiger partial charge in [-0.1, -0.05) is 70.0 Å². The van der Waals surface area contributed by atoms with Crippen LogP contribution in [-0.2, 0) is 30.3 Å². The molecule has 196 valence electrons. The van der Waals surface area contributed by atoms with Crippen molar-refractivity contribution in [2.75, 3.05) is 18.5 Å². The minimum Gasteiger partial charge on any atom is -0.466 e. The Kier molecular flexibility index (Phi) is 7.33. The van der Waals surface area contributed by atoms with E-state index in [1.807, 2.05) is 30.3 Å². The third-order valence-electron chi connectivity index (χ3n) is 7.58. The van der Waals surface area contributed by atoms with E-state index in [1.165, 1.54) is 4.90 Å². The normalized spacial score (nSPS) is 30.8. The van der Waals surface area contributed by atoms with Crippen molar-refractivity contribution in [2.24, 2.45) is 11.8 Å². The molecule has 37 heavy (non-hydrogen) atoms. The Bertz CT molecular complexity index is 1200. The number of aliphatic hydroxyl groups excluding tert-OH is 1. The molecule has 3 saturated heterocycles. The van der Waals surface area contributed by atoms with Crippen molar-refractivity contribution in [2.45, 2.75) is 48.4 Å². The van der Waals surface area contributed by atoms with Gasteiger partial charge in [-0.25, -0.2) is 0 Å². The number of fused-ring (bicyclic) bond motifs is 1. The fourth-order valence-corrected chi connectivity index (χ4v) is 7.29. The predicted molar refractivity (Wildman–Crippen MR) is 140 cm³/mol. The van der Waals surface area contributed by atoms with Crippen LogP contribution in [0.1, 0.15) is 18.9 Å². The number of hydrogen-bond acceptors (Lipinski definition) is 6. The number of rotatable bonds is 8. The minimum atomic E-state index is -1.26. The molecule has 5 rings (SSSR count). The van der Waals surface area contributed by atoms with E-state index >= 15 is 0 Å². The molecule has 2 amide bonds. The average molecular weight is 592 g/mol. The standard InChI is InChI=1S/C27H28BrClN2O6/c1-2-36-26(35)20-21-25(34)31(16(14-32)12-15-8-4-3-5-9-15)23(27(21)13-17(28)22(20)37-27)24(33)30-19-11-7-6-10-18(19)29/h3-11,16-17,20-23,32H,2,12-14H2,1H3,(H,30,33)/t16-,17?,20-,21+,22-,23?,27?/m1/s1. The lowest BCUT2D eigenvalue weighted by atomic mass is 9.70. The zero-order valence-corrected chi connectivity index (χ0v) is 22.5. The lowest BCUT2D eigenvalue weighted by Crippen LogP contribution is -2.57. The van der Waals surface area contributed by atoms with Crippen LogP contribution in [0.2, 0.25) is 5.02 Å². The molecule has 2 bridgehead atoms. The molecule has 3 fully saturated rings. The van der Waals surface area contributed by atoms with Gasteiger partial charge in [0, 0.05) is 4.83 Å².